The molecule has 120 valence electrons. The van der Waals surface area contributed by atoms with Gasteiger partial charge >= 0.3 is 0 Å². The number of anilines is 2. The highest BCUT2D eigenvalue weighted by Gasteiger charge is 2.17. The van der Waals surface area contributed by atoms with Crippen LogP contribution in [0.25, 0.3) is 17.1 Å². The number of pyridine rings is 1. The van der Waals surface area contributed by atoms with Gasteiger partial charge in [0, 0.05) is 11.9 Å². The molecule has 3 heterocycles. The van der Waals surface area contributed by atoms with Crippen LogP contribution in [0.1, 0.15) is 16.7 Å². The molecule has 0 fully saturated rings. The van der Waals surface area contributed by atoms with E-state index < -0.39 is 0 Å². The highest BCUT2D eigenvalue weighted by Crippen LogP contribution is 2.33. The van der Waals surface area contributed by atoms with Crippen molar-refractivity contribution in [2.75, 3.05) is 5.32 Å². The molecule has 1 aromatic carbocycles. The highest BCUT2D eigenvalue weighted by atomic mass is 16.3. The molecular weight excluding hydrogens is 298 g/mol. The number of aromatic nitrogens is 2. The lowest BCUT2D eigenvalue weighted by molar-refractivity contribution is 0.581. The van der Waals surface area contributed by atoms with Gasteiger partial charge in [-0.1, -0.05) is 24.3 Å². The van der Waals surface area contributed by atoms with Crippen molar-refractivity contribution in [3.63, 3.8) is 0 Å². The molecule has 4 rings (SSSR count). The molecule has 24 heavy (non-hydrogen) atoms. The van der Waals surface area contributed by atoms with Crippen molar-refractivity contribution in [1.82, 2.24) is 9.38 Å². The second-order valence-electron chi connectivity index (χ2n) is 6.11. The fourth-order valence-electron chi connectivity index (χ4n) is 2.99. The summed E-state index contributed by atoms with van der Waals surface area (Å²) in [6.45, 7) is 6.29. The summed E-state index contributed by atoms with van der Waals surface area (Å²) >= 11 is 0. The van der Waals surface area contributed by atoms with Crippen LogP contribution in [0.5, 0.6) is 0 Å². The number of furan rings is 1. The van der Waals surface area contributed by atoms with E-state index in [2.05, 4.69) is 61.0 Å². The molecule has 0 aliphatic carbocycles. The third-order valence-electron chi connectivity index (χ3n) is 4.25. The fourth-order valence-corrected chi connectivity index (χ4v) is 2.99. The Morgan fingerprint density at radius 3 is 2.46 bits per heavy atom. The zero-order valence-electron chi connectivity index (χ0n) is 14.0. The van der Waals surface area contributed by atoms with Gasteiger partial charge in [0.1, 0.15) is 17.2 Å². The van der Waals surface area contributed by atoms with Crippen molar-refractivity contribution in [3.8, 4) is 11.5 Å². The minimum atomic E-state index is 0.755. The number of para-hydroxylation sites is 1. The minimum Gasteiger partial charge on any atom is -0.463 e. The molecule has 0 unspecified atom stereocenters. The minimum absolute atomic E-state index is 0.755. The van der Waals surface area contributed by atoms with Gasteiger partial charge in [-0.2, -0.15) is 0 Å². The molecule has 4 nitrogen and oxygen atoms in total. The summed E-state index contributed by atoms with van der Waals surface area (Å²) in [5, 5.41) is 3.59. The molecule has 1 N–H and O–H groups in total. The van der Waals surface area contributed by atoms with Gasteiger partial charge < -0.3 is 9.73 Å². The quantitative estimate of drug-likeness (QED) is 0.560. The molecule has 3 aromatic heterocycles. The second kappa shape index (κ2) is 5.57. The Kier molecular flexibility index (Phi) is 3.38. The highest BCUT2D eigenvalue weighted by molar-refractivity contribution is 5.79. The molecule has 4 heteroatoms. The van der Waals surface area contributed by atoms with Crippen molar-refractivity contribution in [2.45, 2.75) is 20.8 Å². The Morgan fingerprint density at radius 2 is 1.75 bits per heavy atom. The summed E-state index contributed by atoms with van der Waals surface area (Å²) in [4.78, 5) is 4.76. The van der Waals surface area contributed by atoms with Crippen LogP contribution in [0, 0.1) is 20.8 Å². The first-order chi connectivity index (χ1) is 11.6. The summed E-state index contributed by atoms with van der Waals surface area (Å²) in [7, 11) is 0. The summed E-state index contributed by atoms with van der Waals surface area (Å²) < 4.78 is 7.68. The van der Waals surface area contributed by atoms with Gasteiger partial charge in [0.2, 0.25) is 0 Å². The van der Waals surface area contributed by atoms with E-state index in [1.54, 1.807) is 6.26 Å². The number of rotatable bonds is 3. The van der Waals surface area contributed by atoms with Crippen LogP contribution in [0.3, 0.4) is 0 Å². The van der Waals surface area contributed by atoms with Gasteiger partial charge in [-0.15, -0.1) is 0 Å². The predicted octanol–water partition coefficient (Wildman–Crippen LogP) is 5.26. The van der Waals surface area contributed by atoms with Gasteiger partial charge in [-0.05, 0) is 55.7 Å². The average Bonchev–Trinajstić information content (AvgIpc) is 3.18. The van der Waals surface area contributed by atoms with Crippen LogP contribution in [0.2, 0.25) is 0 Å². The van der Waals surface area contributed by atoms with E-state index in [0.29, 0.717) is 0 Å². The van der Waals surface area contributed by atoms with E-state index >= 15 is 0 Å². The van der Waals surface area contributed by atoms with Crippen molar-refractivity contribution in [2.24, 2.45) is 0 Å². The molecule has 4 aromatic rings. The lowest BCUT2D eigenvalue weighted by atomic mass is 10.1. The Bertz CT molecular complexity index is 993. The van der Waals surface area contributed by atoms with E-state index in [-0.39, 0.29) is 0 Å². The number of hydrogen-bond donors (Lipinski definition) is 1. The van der Waals surface area contributed by atoms with Crippen LogP contribution < -0.4 is 5.32 Å². The van der Waals surface area contributed by atoms with E-state index in [0.717, 1.165) is 28.6 Å². The maximum Gasteiger partial charge on any atom is 0.156 e. The van der Waals surface area contributed by atoms with Crippen LogP contribution in [-0.2, 0) is 0 Å². The van der Waals surface area contributed by atoms with Gasteiger partial charge in [0.15, 0.2) is 5.76 Å². The SMILES string of the molecule is Cc1ccc2nc(-c3ccco3)c(Nc3c(C)cccc3C)n2c1. The number of aryl methyl sites for hydroxylation is 3. The van der Waals surface area contributed by atoms with Crippen LogP contribution in [0.4, 0.5) is 11.5 Å². The Hall–Kier alpha value is -3.01. The molecule has 0 saturated carbocycles. The van der Waals surface area contributed by atoms with Gasteiger partial charge in [0.25, 0.3) is 0 Å². The lowest BCUT2D eigenvalue weighted by Gasteiger charge is -2.13. The smallest absolute Gasteiger partial charge is 0.156 e. The monoisotopic (exact) mass is 317 g/mol. The summed E-state index contributed by atoms with van der Waals surface area (Å²) in [5.74, 6) is 1.67. The maximum atomic E-state index is 5.60. The first kappa shape index (κ1) is 14.6. The topological polar surface area (TPSA) is 42.5 Å². The van der Waals surface area contributed by atoms with Gasteiger partial charge in [0.05, 0.1) is 6.26 Å². The van der Waals surface area contributed by atoms with Gasteiger partial charge in [-0.3, -0.25) is 4.40 Å². The standard InChI is InChI=1S/C20H19N3O/c1-13-9-10-17-21-19(16-8-5-11-24-16)20(23(17)12-13)22-18-14(2)6-4-7-15(18)3/h4-12,22H,1-3H3. The number of imidazole rings is 1. The zero-order valence-corrected chi connectivity index (χ0v) is 14.0. The number of benzene rings is 1. The molecule has 0 amide bonds. The number of hydrogen-bond acceptors (Lipinski definition) is 3. The normalized spacial score (nSPS) is 11.1. The van der Waals surface area contributed by atoms with Crippen molar-refractivity contribution in [3.05, 3.63) is 71.6 Å². The molecule has 0 bridgehead atoms. The summed E-state index contributed by atoms with van der Waals surface area (Å²) in [6.07, 6.45) is 3.76. The number of fused-ring (bicyclic) bond motifs is 1. The summed E-state index contributed by atoms with van der Waals surface area (Å²) in [6, 6.07) is 14.2. The molecule has 0 atom stereocenters. The van der Waals surface area contributed by atoms with Crippen LogP contribution in [0.15, 0.2) is 59.3 Å². The van der Waals surface area contributed by atoms with E-state index in [1.165, 1.54) is 16.7 Å². The molecule has 0 aliphatic heterocycles. The van der Waals surface area contributed by atoms with Crippen molar-refractivity contribution < 1.29 is 4.42 Å². The Balaban J connectivity index is 1.95. The number of nitrogens with zero attached hydrogens (tertiary/aromatic N) is 2. The lowest BCUT2D eigenvalue weighted by Crippen LogP contribution is -2.00. The molecular formula is C20H19N3O. The largest absolute Gasteiger partial charge is 0.463 e. The fraction of sp³-hybridized carbons (Fsp3) is 0.150. The van der Waals surface area contributed by atoms with E-state index in [1.807, 2.05) is 18.2 Å². The molecule has 0 radical (unpaired) electrons. The first-order valence-electron chi connectivity index (χ1n) is 7.99. The second-order valence-corrected chi connectivity index (χ2v) is 6.11. The average molecular weight is 317 g/mol. The third-order valence-corrected chi connectivity index (χ3v) is 4.25. The van der Waals surface area contributed by atoms with Crippen LogP contribution in [-0.4, -0.2) is 9.38 Å². The van der Waals surface area contributed by atoms with E-state index in [9.17, 15) is 0 Å². The Labute approximate surface area is 140 Å². The summed E-state index contributed by atoms with van der Waals surface area (Å²) in [5.41, 5.74) is 6.38. The van der Waals surface area contributed by atoms with Crippen molar-refractivity contribution in [1.29, 1.82) is 0 Å². The van der Waals surface area contributed by atoms with Crippen molar-refractivity contribution >= 4 is 17.2 Å². The predicted molar refractivity (Wildman–Crippen MR) is 96.8 cm³/mol. The molecule has 0 spiro atoms. The third kappa shape index (κ3) is 2.36. The molecule has 0 aliphatic rings. The number of nitrogens with one attached hydrogen (secondary N) is 1. The van der Waals surface area contributed by atoms with Gasteiger partial charge in [-0.25, -0.2) is 4.98 Å². The molecule has 0 saturated heterocycles. The maximum absolute atomic E-state index is 5.60. The first-order valence-corrected chi connectivity index (χ1v) is 7.99. The Morgan fingerprint density at radius 1 is 0.958 bits per heavy atom. The zero-order chi connectivity index (χ0) is 16.7. The van der Waals surface area contributed by atoms with E-state index in [4.69, 9.17) is 9.40 Å². The van der Waals surface area contributed by atoms with Crippen LogP contribution >= 0.6 is 0 Å².